The highest BCUT2D eigenvalue weighted by Gasteiger charge is 2.14. The van der Waals surface area contributed by atoms with Crippen LogP contribution in [0.2, 0.25) is 0 Å². The maximum absolute atomic E-state index is 11.7. The van der Waals surface area contributed by atoms with Crippen LogP contribution in [0.5, 0.6) is 0 Å². The first-order valence-corrected chi connectivity index (χ1v) is 8.46. The molecule has 21 heavy (non-hydrogen) atoms. The van der Waals surface area contributed by atoms with Crippen LogP contribution >= 0.6 is 0 Å². The predicted octanol–water partition coefficient (Wildman–Crippen LogP) is 4.40. The number of rotatable bonds is 12. The van der Waals surface area contributed by atoms with Crippen molar-refractivity contribution in [3.63, 3.8) is 0 Å². The third-order valence-corrected chi connectivity index (χ3v) is 3.49. The van der Waals surface area contributed by atoms with E-state index in [9.17, 15) is 9.59 Å². The van der Waals surface area contributed by atoms with E-state index in [1.54, 1.807) is 0 Å². The summed E-state index contributed by atoms with van der Waals surface area (Å²) in [5, 5.41) is 0. The van der Waals surface area contributed by atoms with Gasteiger partial charge in [-0.2, -0.15) is 0 Å². The van der Waals surface area contributed by atoms with Crippen LogP contribution < -0.4 is 0 Å². The summed E-state index contributed by atoms with van der Waals surface area (Å²) in [5.41, 5.74) is 0. The normalized spacial score (nSPS) is 13.5. The zero-order valence-corrected chi connectivity index (χ0v) is 14.2. The molecule has 0 saturated carbocycles. The molecule has 0 saturated heterocycles. The summed E-state index contributed by atoms with van der Waals surface area (Å²) >= 11 is 0. The topological polar surface area (TPSA) is 52.6 Å². The van der Waals surface area contributed by atoms with Gasteiger partial charge < -0.3 is 9.47 Å². The molecule has 0 heterocycles. The molecule has 0 aromatic heterocycles. The fourth-order valence-electron chi connectivity index (χ4n) is 2.20. The number of esters is 2. The fraction of sp³-hybridized carbons (Fsp3) is 0.882. The van der Waals surface area contributed by atoms with E-state index < -0.39 is 0 Å². The van der Waals surface area contributed by atoms with Crippen LogP contribution in [0.1, 0.15) is 85.5 Å². The molecule has 0 aliphatic rings. The van der Waals surface area contributed by atoms with Crippen molar-refractivity contribution >= 4 is 11.9 Å². The number of hydrogen-bond donors (Lipinski definition) is 0. The van der Waals surface area contributed by atoms with Gasteiger partial charge in [0.05, 0.1) is 0 Å². The number of ether oxygens (including phenoxy) is 2. The summed E-state index contributed by atoms with van der Waals surface area (Å²) in [7, 11) is 0. The van der Waals surface area contributed by atoms with Crippen molar-refractivity contribution in [2.45, 2.75) is 97.7 Å². The van der Waals surface area contributed by atoms with Crippen molar-refractivity contribution in [2.24, 2.45) is 0 Å². The fourth-order valence-corrected chi connectivity index (χ4v) is 2.20. The Bertz CT molecular complexity index is 261. The van der Waals surface area contributed by atoms with E-state index in [2.05, 4.69) is 13.8 Å². The van der Waals surface area contributed by atoms with E-state index in [0.29, 0.717) is 19.3 Å². The molecular formula is C17H32O4. The van der Waals surface area contributed by atoms with E-state index in [-0.39, 0.29) is 24.1 Å². The van der Waals surface area contributed by atoms with Gasteiger partial charge >= 0.3 is 11.9 Å². The summed E-state index contributed by atoms with van der Waals surface area (Å²) < 4.78 is 10.7. The van der Waals surface area contributed by atoms with Crippen LogP contribution in [0.25, 0.3) is 0 Å². The summed E-state index contributed by atoms with van der Waals surface area (Å²) in [6, 6.07) is 0. The minimum atomic E-state index is -0.205. The number of carbonyl (C=O) groups excluding carboxylic acids is 2. The molecule has 0 spiro atoms. The molecule has 0 aliphatic carbocycles. The third kappa shape index (κ3) is 10.3. The molecule has 4 heteroatoms. The van der Waals surface area contributed by atoms with Crippen molar-refractivity contribution in [3.8, 4) is 0 Å². The van der Waals surface area contributed by atoms with Gasteiger partial charge in [0, 0.05) is 12.8 Å². The Kier molecular flexibility index (Phi) is 12.0. The first-order chi connectivity index (χ1) is 10.1. The van der Waals surface area contributed by atoms with Crippen LogP contribution in [0.4, 0.5) is 0 Å². The lowest BCUT2D eigenvalue weighted by Gasteiger charge is -2.16. The maximum atomic E-state index is 11.7. The molecule has 0 aliphatic heterocycles. The van der Waals surface area contributed by atoms with Crippen molar-refractivity contribution in [1.82, 2.24) is 0 Å². The van der Waals surface area contributed by atoms with Crippen molar-refractivity contribution in [1.29, 1.82) is 0 Å². The lowest BCUT2D eigenvalue weighted by atomic mass is 10.1. The average molecular weight is 300 g/mol. The molecule has 2 unspecified atom stereocenters. The molecule has 124 valence electrons. The SMILES string of the molecule is CCCC(CC)OC(=O)CCCC(=O)OC(CC)CCC. The first kappa shape index (κ1) is 19.9. The van der Waals surface area contributed by atoms with Gasteiger partial charge in [-0.3, -0.25) is 9.59 Å². The molecule has 0 bridgehead atoms. The first-order valence-electron chi connectivity index (χ1n) is 8.46. The van der Waals surface area contributed by atoms with E-state index >= 15 is 0 Å². The Morgan fingerprint density at radius 3 is 1.43 bits per heavy atom. The Hall–Kier alpha value is -1.06. The van der Waals surface area contributed by atoms with Crippen LogP contribution in [-0.4, -0.2) is 24.1 Å². The van der Waals surface area contributed by atoms with Gasteiger partial charge in [-0.1, -0.05) is 40.5 Å². The molecule has 4 nitrogen and oxygen atoms in total. The zero-order valence-electron chi connectivity index (χ0n) is 14.2. The van der Waals surface area contributed by atoms with E-state index in [1.165, 1.54) is 0 Å². The summed E-state index contributed by atoms with van der Waals surface area (Å²) in [5.74, 6) is -0.410. The van der Waals surface area contributed by atoms with Gasteiger partial charge in [0.1, 0.15) is 12.2 Å². The van der Waals surface area contributed by atoms with Gasteiger partial charge in [-0.25, -0.2) is 0 Å². The van der Waals surface area contributed by atoms with Crippen molar-refractivity contribution in [3.05, 3.63) is 0 Å². The Morgan fingerprint density at radius 1 is 0.762 bits per heavy atom. The summed E-state index contributed by atoms with van der Waals surface area (Å²) in [4.78, 5) is 23.4. The second-order valence-electron chi connectivity index (χ2n) is 5.47. The molecule has 0 amide bonds. The Labute approximate surface area is 129 Å². The minimum Gasteiger partial charge on any atom is -0.462 e. The molecule has 0 aromatic carbocycles. The lowest BCUT2D eigenvalue weighted by molar-refractivity contribution is -0.151. The van der Waals surface area contributed by atoms with Gasteiger partial charge in [0.15, 0.2) is 0 Å². The molecule has 0 radical (unpaired) electrons. The standard InChI is InChI=1S/C17H32O4/c1-5-10-14(7-3)20-16(18)12-9-13-17(19)21-15(8-4)11-6-2/h14-15H,5-13H2,1-4H3. The van der Waals surface area contributed by atoms with Gasteiger partial charge in [-0.15, -0.1) is 0 Å². The zero-order chi connectivity index (χ0) is 16.1. The third-order valence-electron chi connectivity index (χ3n) is 3.49. The van der Waals surface area contributed by atoms with Crippen LogP contribution in [0, 0.1) is 0 Å². The van der Waals surface area contributed by atoms with Gasteiger partial charge in [-0.05, 0) is 32.1 Å². The Balaban J connectivity index is 3.86. The second-order valence-corrected chi connectivity index (χ2v) is 5.47. The minimum absolute atomic E-state index is 0.0171. The molecule has 0 N–H and O–H groups in total. The van der Waals surface area contributed by atoms with E-state index in [0.717, 1.165) is 38.5 Å². The predicted molar refractivity (Wildman–Crippen MR) is 84.0 cm³/mol. The van der Waals surface area contributed by atoms with Gasteiger partial charge in [0.25, 0.3) is 0 Å². The molecule has 2 atom stereocenters. The number of carbonyl (C=O) groups is 2. The number of hydrogen-bond acceptors (Lipinski definition) is 4. The molecule has 0 rings (SSSR count). The van der Waals surface area contributed by atoms with Crippen LogP contribution in [0.3, 0.4) is 0 Å². The van der Waals surface area contributed by atoms with Crippen molar-refractivity contribution in [2.75, 3.05) is 0 Å². The molecule has 0 aromatic rings. The monoisotopic (exact) mass is 300 g/mol. The lowest BCUT2D eigenvalue weighted by Crippen LogP contribution is -2.19. The highest BCUT2D eigenvalue weighted by molar-refractivity contribution is 5.72. The van der Waals surface area contributed by atoms with Crippen LogP contribution in [-0.2, 0) is 19.1 Å². The smallest absolute Gasteiger partial charge is 0.306 e. The Morgan fingerprint density at radius 2 is 1.14 bits per heavy atom. The van der Waals surface area contributed by atoms with E-state index in [1.807, 2.05) is 13.8 Å². The molecular weight excluding hydrogens is 268 g/mol. The summed E-state index contributed by atoms with van der Waals surface area (Å²) in [6.45, 7) is 8.19. The highest BCUT2D eigenvalue weighted by atomic mass is 16.5. The quantitative estimate of drug-likeness (QED) is 0.501. The highest BCUT2D eigenvalue weighted by Crippen LogP contribution is 2.11. The van der Waals surface area contributed by atoms with Crippen molar-refractivity contribution < 1.29 is 19.1 Å². The van der Waals surface area contributed by atoms with Crippen LogP contribution in [0.15, 0.2) is 0 Å². The largest absolute Gasteiger partial charge is 0.462 e. The van der Waals surface area contributed by atoms with Gasteiger partial charge in [0.2, 0.25) is 0 Å². The summed E-state index contributed by atoms with van der Waals surface area (Å²) in [6.07, 6.45) is 6.63. The second kappa shape index (κ2) is 12.7. The maximum Gasteiger partial charge on any atom is 0.306 e. The average Bonchev–Trinajstić information content (AvgIpc) is 2.46. The molecule has 0 fully saturated rings. The van der Waals surface area contributed by atoms with E-state index in [4.69, 9.17) is 9.47 Å².